The summed E-state index contributed by atoms with van der Waals surface area (Å²) < 4.78 is 5.00. The molecule has 0 aliphatic heterocycles. The smallest absolute Gasteiger partial charge is 0.128 e. The predicted molar refractivity (Wildman–Crippen MR) is 80.6 cm³/mol. The first-order valence-corrected chi connectivity index (χ1v) is 7.21. The van der Waals surface area contributed by atoms with Crippen LogP contribution in [-0.2, 0) is 11.3 Å². The summed E-state index contributed by atoms with van der Waals surface area (Å²) >= 11 is 0. The Balaban J connectivity index is 2.45. The van der Waals surface area contributed by atoms with Gasteiger partial charge in [-0.3, -0.25) is 0 Å². The van der Waals surface area contributed by atoms with Crippen LogP contribution in [0.2, 0.25) is 0 Å². The Morgan fingerprint density at radius 2 is 2.16 bits per heavy atom. The van der Waals surface area contributed by atoms with Gasteiger partial charge >= 0.3 is 0 Å². The Bertz CT molecular complexity index is 327. The molecule has 1 aromatic rings. The first-order valence-electron chi connectivity index (χ1n) is 7.21. The van der Waals surface area contributed by atoms with Crippen LogP contribution in [0, 0.1) is 0 Å². The zero-order chi connectivity index (χ0) is 13.9. The number of nitrogens with zero attached hydrogens (tertiary/aromatic N) is 2. The van der Waals surface area contributed by atoms with Crippen molar-refractivity contribution in [2.75, 3.05) is 38.3 Å². The van der Waals surface area contributed by atoms with Crippen LogP contribution >= 0.6 is 0 Å². The van der Waals surface area contributed by atoms with E-state index in [0.717, 1.165) is 38.6 Å². The molecule has 0 radical (unpaired) electrons. The summed E-state index contributed by atoms with van der Waals surface area (Å²) in [6.45, 7) is 8.96. The van der Waals surface area contributed by atoms with Gasteiger partial charge in [0.1, 0.15) is 5.82 Å². The van der Waals surface area contributed by atoms with Gasteiger partial charge < -0.3 is 15.0 Å². The SMILES string of the molecule is CCCCN(CC)c1ccc(CNCCOC)cn1. The minimum Gasteiger partial charge on any atom is -0.383 e. The van der Waals surface area contributed by atoms with Crippen LogP contribution in [0.15, 0.2) is 18.3 Å². The van der Waals surface area contributed by atoms with Gasteiger partial charge in [-0.25, -0.2) is 4.98 Å². The van der Waals surface area contributed by atoms with Crippen LogP contribution in [0.4, 0.5) is 5.82 Å². The lowest BCUT2D eigenvalue weighted by molar-refractivity contribution is 0.199. The largest absolute Gasteiger partial charge is 0.383 e. The maximum absolute atomic E-state index is 5.00. The van der Waals surface area contributed by atoms with E-state index >= 15 is 0 Å². The van der Waals surface area contributed by atoms with Crippen molar-refractivity contribution in [2.45, 2.75) is 33.2 Å². The van der Waals surface area contributed by atoms with Crippen LogP contribution in [0.1, 0.15) is 32.3 Å². The van der Waals surface area contributed by atoms with E-state index in [0.29, 0.717) is 0 Å². The Hall–Kier alpha value is -1.13. The quantitative estimate of drug-likeness (QED) is 0.659. The number of methoxy groups -OCH3 is 1. The van der Waals surface area contributed by atoms with Crippen molar-refractivity contribution in [2.24, 2.45) is 0 Å². The van der Waals surface area contributed by atoms with Crippen molar-refractivity contribution in [1.29, 1.82) is 0 Å². The third-order valence-corrected chi connectivity index (χ3v) is 3.11. The molecule has 1 aromatic heterocycles. The number of rotatable bonds is 10. The van der Waals surface area contributed by atoms with E-state index in [1.807, 2.05) is 6.20 Å². The van der Waals surface area contributed by atoms with Crippen LogP contribution < -0.4 is 10.2 Å². The number of ether oxygens (including phenoxy) is 1. The lowest BCUT2D eigenvalue weighted by atomic mass is 10.2. The van der Waals surface area contributed by atoms with Gasteiger partial charge in [0.05, 0.1) is 6.61 Å². The number of unbranched alkanes of at least 4 members (excludes halogenated alkanes) is 1. The average molecular weight is 265 g/mol. The molecular formula is C15H27N3O. The van der Waals surface area contributed by atoms with E-state index in [-0.39, 0.29) is 0 Å². The summed E-state index contributed by atoms with van der Waals surface area (Å²) in [7, 11) is 1.72. The third-order valence-electron chi connectivity index (χ3n) is 3.11. The van der Waals surface area contributed by atoms with Crippen molar-refractivity contribution in [3.05, 3.63) is 23.9 Å². The van der Waals surface area contributed by atoms with Crippen molar-refractivity contribution >= 4 is 5.82 Å². The molecule has 0 aliphatic rings. The van der Waals surface area contributed by atoms with E-state index in [1.54, 1.807) is 7.11 Å². The normalized spacial score (nSPS) is 10.7. The third kappa shape index (κ3) is 6.03. The Morgan fingerprint density at radius 1 is 1.32 bits per heavy atom. The molecule has 0 atom stereocenters. The second kappa shape index (κ2) is 9.75. The Morgan fingerprint density at radius 3 is 2.74 bits per heavy atom. The highest BCUT2D eigenvalue weighted by Gasteiger charge is 2.04. The van der Waals surface area contributed by atoms with Gasteiger partial charge in [-0.2, -0.15) is 0 Å². The summed E-state index contributed by atoms with van der Waals surface area (Å²) in [6.07, 6.45) is 4.40. The van der Waals surface area contributed by atoms with Gasteiger partial charge in [-0.1, -0.05) is 19.4 Å². The molecule has 1 N–H and O–H groups in total. The summed E-state index contributed by atoms with van der Waals surface area (Å²) in [5.74, 6) is 1.08. The van der Waals surface area contributed by atoms with E-state index in [4.69, 9.17) is 4.74 Å². The number of aromatic nitrogens is 1. The highest BCUT2D eigenvalue weighted by Crippen LogP contribution is 2.12. The molecule has 0 saturated carbocycles. The molecule has 0 fully saturated rings. The molecule has 108 valence electrons. The molecule has 0 bridgehead atoms. The summed E-state index contributed by atoms with van der Waals surface area (Å²) in [5.41, 5.74) is 1.21. The highest BCUT2D eigenvalue weighted by molar-refractivity contribution is 5.39. The maximum atomic E-state index is 5.00. The molecule has 4 heteroatoms. The fraction of sp³-hybridized carbons (Fsp3) is 0.667. The number of hydrogen-bond acceptors (Lipinski definition) is 4. The number of nitrogens with one attached hydrogen (secondary N) is 1. The molecule has 0 aromatic carbocycles. The van der Waals surface area contributed by atoms with Crippen molar-refractivity contribution in [3.8, 4) is 0 Å². The molecule has 1 heterocycles. The van der Waals surface area contributed by atoms with Gasteiger partial charge in [-0.05, 0) is 25.0 Å². The number of pyridine rings is 1. The fourth-order valence-corrected chi connectivity index (χ4v) is 1.90. The van der Waals surface area contributed by atoms with E-state index in [9.17, 15) is 0 Å². The van der Waals surface area contributed by atoms with Crippen LogP contribution in [-0.4, -0.2) is 38.3 Å². The molecule has 0 aliphatic carbocycles. The minimum absolute atomic E-state index is 0.742. The molecule has 19 heavy (non-hydrogen) atoms. The first kappa shape index (κ1) is 15.9. The van der Waals surface area contributed by atoms with E-state index in [1.165, 1.54) is 18.4 Å². The maximum Gasteiger partial charge on any atom is 0.128 e. The molecule has 4 nitrogen and oxygen atoms in total. The molecule has 0 saturated heterocycles. The zero-order valence-corrected chi connectivity index (χ0v) is 12.5. The van der Waals surface area contributed by atoms with E-state index < -0.39 is 0 Å². The average Bonchev–Trinajstić information content (AvgIpc) is 2.46. The second-order valence-electron chi connectivity index (χ2n) is 4.63. The molecule has 0 unspecified atom stereocenters. The van der Waals surface area contributed by atoms with E-state index in [2.05, 4.69) is 41.2 Å². The van der Waals surface area contributed by atoms with Gasteiger partial charge in [0.2, 0.25) is 0 Å². The Labute approximate surface area is 117 Å². The first-order chi connectivity index (χ1) is 9.31. The lowest BCUT2D eigenvalue weighted by Gasteiger charge is -2.21. The van der Waals surface area contributed by atoms with Crippen LogP contribution in [0.5, 0.6) is 0 Å². The van der Waals surface area contributed by atoms with Gasteiger partial charge in [-0.15, -0.1) is 0 Å². The number of anilines is 1. The fourth-order valence-electron chi connectivity index (χ4n) is 1.90. The van der Waals surface area contributed by atoms with Gasteiger partial charge in [0, 0.05) is 39.5 Å². The minimum atomic E-state index is 0.742. The van der Waals surface area contributed by atoms with Gasteiger partial charge in [0.15, 0.2) is 0 Å². The monoisotopic (exact) mass is 265 g/mol. The topological polar surface area (TPSA) is 37.4 Å². The summed E-state index contributed by atoms with van der Waals surface area (Å²) in [4.78, 5) is 6.88. The predicted octanol–water partition coefficient (Wildman–Crippen LogP) is 2.44. The molecule has 1 rings (SSSR count). The van der Waals surface area contributed by atoms with Crippen LogP contribution in [0.3, 0.4) is 0 Å². The number of hydrogen-bond donors (Lipinski definition) is 1. The molecular weight excluding hydrogens is 238 g/mol. The van der Waals surface area contributed by atoms with Gasteiger partial charge in [0.25, 0.3) is 0 Å². The molecule has 0 amide bonds. The summed E-state index contributed by atoms with van der Waals surface area (Å²) in [5, 5.41) is 3.32. The van der Waals surface area contributed by atoms with Crippen molar-refractivity contribution < 1.29 is 4.74 Å². The zero-order valence-electron chi connectivity index (χ0n) is 12.5. The van der Waals surface area contributed by atoms with Crippen LogP contribution in [0.25, 0.3) is 0 Å². The Kier molecular flexibility index (Phi) is 8.18. The summed E-state index contributed by atoms with van der Waals surface area (Å²) in [6, 6.07) is 4.27. The standard InChI is InChI=1S/C15H27N3O/c1-4-6-10-18(5-2)15-8-7-14(13-17-15)12-16-9-11-19-3/h7-8,13,16H,4-6,9-12H2,1-3H3. The highest BCUT2D eigenvalue weighted by atomic mass is 16.5. The van der Waals surface area contributed by atoms with Crippen molar-refractivity contribution in [3.63, 3.8) is 0 Å². The lowest BCUT2D eigenvalue weighted by Crippen LogP contribution is -2.25. The molecule has 0 spiro atoms. The second-order valence-corrected chi connectivity index (χ2v) is 4.63. The van der Waals surface area contributed by atoms with Crippen molar-refractivity contribution in [1.82, 2.24) is 10.3 Å².